The van der Waals surface area contributed by atoms with Gasteiger partial charge in [-0.2, -0.15) is 0 Å². The molecule has 7 nitrogen and oxygen atoms in total. The summed E-state index contributed by atoms with van der Waals surface area (Å²) in [7, 11) is 0.0638. The van der Waals surface area contributed by atoms with Crippen LogP contribution in [0.5, 0.6) is 11.5 Å². The Morgan fingerprint density at radius 3 is 2.11 bits per heavy atom. The molecule has 8 heteroatoms. The summed E-state index contributed by atoms with van der Waals surface area (Å²) < 4.78 is 33.6. The molecule has 1 atom stereocenters. The van der Waals surface area contributed by atoms with Gasteiger partial charge in [-0.25, -0.2) is 8.42 Å². The van der Waals surface area contributed by atoms with Crippen molar-refractivity contribution in [3.05, 3.63) is 48.0 Å². The average molecular weight is 390 g/mol. The summed E-state index contributed by atoms with van der Waals surface area (Å²) in [6, 6.07) is 12.2. The molecule has 27 heavy (non-hydrogen) atoms. The van der Waals surface area contributed by atoms with E-state index in [9.17, 15) is 13.2 Å². The number of benzene rings is 2. The van der Waals surface area contributed by atoms with Crippen molar-refractivity contribution in [2.24, 2.45) is 0 Å². The highest BCUT2D eigenvalue weighted by atomic mass is 32.2. The van der Waals surface area contributed by atoms with E-state index in [4.69, 9.17) is 9.47 Å². The third kappa shape index (κ3) is 4.51. The van der Waals surface area contributed by atoms with Gasteiger partial charge in [-0.15, -0.1) is 0 Å². The van der Waals surface area contributed by atoms with Crippen molar-refractivity contribution in [3.8, 4) is 11.5 Å². The predicted molar refractivity (Wildman–Crippen MR) is 105 cm³/mol. The highest BCUT2D eigenvalue weighted by Crippen LogP contribution is 2.29. The van der Waals surface area contributed by atoms with E-state index < -0.39 is 9.84 Å². The van der Waals surface area contributed by atoms with Crippen molar-refractivity contribution in [2.75, 3.05) is 36.4 Å². The molecule has 2 aromatic rings. The molecule has 2 N–H and O–H groups in total. The Bertz CT molecular complexity index is 903. The minimum Gasteiger partial charge on any atom is -0.496 e. The molecule has 2 aromatic carbocycles. The maximum Gasteiger partial charge on any atom is 0.263 e. The zero-order chi connectivity index (χ0) is 19.4. The largest absolute Gasteiger partial charge is 0.496 e. The summed E-state index contributed by atoms with van der Waals surface area (Å²) in [6.45, 7) is 0. The number of carbonyl (C=O) groups is 1. The molecule has 1 aliphatic rings. The second-order valence-electron chi connectivity index (χ2n) is 6.31. The number of ether oxygens (including phenoxy) is 2. The molecule has 1 unspecified atom stereocenters. The number of sulfone groups is 1. The molecule has 0 saturated carbocycles. The number of hydrogen-bond donors (Lipinski definition) is 2. The van der Waals surface area contributed by atoms with Crippen LogP contribution in [-0.2, 0) is 9.84 Å². The minimum absolute atomic E-state index is 0.0757. The van der Waals surface area contributed by atoms with Crippen molar-refractivity contribution in [2.45, 2.75) is 12.5 Å². The van der Waals surface area contributed by atoms with Crippen LogP contribution in [0.25, 0.3) is 0 Å². The molecule has 1 heterocycles. The monoisotopic (exact) mass is 390 g/mol. The first kappa shape index (κ1) is 19.0. The summed E-state index contributed by atoms with van der Waals surface area (Å²) in [5.41, 5.74) is 1.74. The molecule has 1 saturated heterocycles. The van der Waals surface area contributed by atoms with Gasteiger partial charge >= 0.3 is 0 Å². The summed E-state index contributed by atoms with van der Waals surface area (Å²) in [5, 5.41) is 6.03. The lowest BCUT2D eigenvalue weighted by Crippen LogP contribution is -2.20. The molecular formula is C19H22N2O5S. The van der Waals surface area contributed by atoms with E-state index in [1.807, 2.05) is 0 Å². The number of anilines is 2. The quantitative estimate of drug-likeness (QED) is 0.787. The molecule has 0 radical (unpaired) electrons. The lowest BCUT2D eigenvalue weighted by Gasteiger charge is -2.14. The van der Waals surface area contributed by atoms with Gasteiger partial charge in [0, 0.05) is 17.4 Å². The van der Waals surface area contributed by atoms with Crippen LogP contribution in [0.1, 0.15) is 16.8 Å². The molecule has 1 fully saturated rings. The number of rotatable bonds is 6. The fraction of sp³-hybridized carbons (Fsp3) is 0.316. The normalized spacial score (nSPS) is 17.9. The molecule has 1 amide bonds. The van der Waals surface area contributed by atoms with Gasteiger partial charge in [0.1, 0.15) is 17.1 Å². The summed E-state index contributed by atoms with van der Waals surface area (Å²) in [6.07, 6.45) is 0.606. The molecule has 0 aromatic heterocycles. The Hall–Kier alpha value is -2.74. The SMILES string of the molecule is COc1cccc(OC)c1C(=O)Nc1ccc(NC2CCS(=O)(=O)C2)cc1. The van der Waals surface area contributed by atoms with Crippen LogP contribution < -0.4 is 20.1 Å². The maximum atomic E-state index is 12.7. The van der Waals surface area contributed by atoms with E-state index in [0.717, 1.165) is 5.69 Å². The van der Waals surface area contributed by atoms with Gasteiger partial charge < -0.3 is 20.1 Å². The van der Waals surface area contributed by atoms with Crippen molar-refractivity contribution < 1.29 is 22.7 Å². The second kappa shape index (κ2) is 7.87. The lowest BCUT2D eigenvalue weighted by molar-refractivity contribution is 0.102. The third-order valence-electron chi connectivity index (χ3n) is 4.40. The summed E-state index contributed by atoms with van der Waals surface area (Å²) in [5.74, 6) is 0.880. The van der Waals surface area contributed by atoms with Crippen LogP contribution in [-0.4, -0.2) is 46.1 Å². The molecule has 3 rings (SSSR count). The van der Waals surface area contributed by atoms with Crippen molar-refractivity contribution in [3.63, 3.8) is 0 Å². The minimum atomic E-state index is -2.93. The first-order chi connectivity index (χ1) is 12.9. The van der Waals surface area contributed by atoms with E-state index in [1.54, 1.807) is 42.5 Å². The standard InChI is InChI=1S/C19H22N2O5S/c1-25-16-4-3-5-17(26-2)18(16)19(22)21-14-8-6-13(7-9-14)20-15-10-11-27(23,24)12-15/h3-9,15,20H,10-12H2,1-2H3,(H,21,22). The number of methoxy groups -OCH3 is 2. The van der Waals surface area contributed by atoms with Crippen molar-refractivity contribution in [1.29, 1.82) is 0 Å². The maximum absolute atomic E-state index is 12.7. The average Bonchev–Trinajstić information content (AvgIpc) is 3.00. The van der Waals surface area contributed by atoms with Gasteiger partial charge in [0.2, 0.25) is 0 Å². The van der Waals surface area contributed by atoms with Gasteiger partial charge in [-0.05, 0) is 42.8 Å². The Kier molecular flexibility index (Phi) is 5.55. The van der Waals surface area contributed by atoms with Crippen LogP contribution in [0.2, 0.25) is 0 Å². The Labute approximate surface area is 158 Å². The fourth-order valence-electron chi connectivity index (χ4n) is 3.06. The number of nitrogens with one attached hydrogen (secondary N) is 2. The van der Waals surface area contributed by atoms with Crippen LogP contribution in [0.4, 0.5) is 11.4 Å². The molecule has 144 valence electrons. The predicted octanol–water partition coefficient (Wildman–Crippen LogP) is 2.56. The van der Waals surface area contributed by atoms with Gasteiger partial charge in [0.05, 0.1) is 25.7 Å². The van der Waals surface area contributed by atoms with E-state index >= 15 is 0 Å². The zero-order valence-electron chi connectivity index (χ0n) is 15.2. The van der Waals surface area contributed by atoms with E-state index in [1.165, 1.54) is 14.2 Å². The van der Waals surface area contributed by atoms with Gasteiger partial charge in [0.25, 0.3) is 5.91 Å². The van der Waals surface area contributed by atoms with Crippen molar-refractivity contribution in [1.82, 2.24) is 0 Å². The van der Waals surface area contributed by atoms with Gasteiger partial charge in [0.15, 0.2) is 9.84 Å². The molecule has 0 spiro atoms. The summed E-state index contributed by atoms with van der Waals surface area (Å²) >= 11 is 0. The van der Waals surface area contributed by atoms with Gasteiger partial charge in [-0.3, -0.25) is 4.79 Å². The number of hydrogen-bond acceptors (Lipinski definition) is 6. The van der Waals surface area contributed by atoms with Crippen LogP contribution in [0.15, 0.2) is 42.5 Å². The molecule has 1 aliphatic heterocycles. The highest BCUT2D eigenvalue weighted by Gasteiger charge is 2.27. The first-order valence-electron chi connectivity index (χ1n) is 8.51. The Morgan fingerprint density at radius 2 is 1.59 bits per heavy atom. The van der Waals surface area contributed by atoms with Crippen molar-refractivity contribution >= 4 is 27.1 Å². The van der Waals surface area contributed by atoms with E-state index in [2.05, 4.69) is 10.6 Å². The van der Waals surface area contributed by atoms with Crippen LogP contribution >= 0.6 is 0 Å². The molecule has 0 aliphatic carbocycles. The number of carbonyl (C=O) groups excluding carboxylic acids is 1. The Balaban J connectivity index is 1.69. The third-order valence-corrected chi connectivity index (χ3v) is 6.17. The van der Waals surface area contributed by atoms with Gasteiger partial charge in [-0.1, -0.05) is 6.07 Å². The van der Waals surface area contributed by atoms with Crippen LogP contribution in [0.3, 0.4) is 0 Å². The second-order valence-corrected chi connectivity index (χ2v) is 8.54. The topological polar surface area (TPSA) is 93.7 Å². The Morgan fingerprint density at radius 1 is 1.00 bits per heavy atom. The van der Waals surface area contributed by atoms with E-state index in [-0.39, 0.29) is 23.5 Å². The molecule has 0 bridgehead atoms. The molecular weight excluding hydrogens is 368 g/mol. The zero-order valence-corrected chi connectivity index (χ0v) is 16.0. The number of amides is 1. The smallest absolute Gasteiger partial charge is 0.263 e. The van der Waals surface area contributed by atoms with Crippen LogP contribution in [0, 0.1) is 0 Å². The first-order valence-corrected chi connectivity index (χ1v) is 10.3. The summed E-state index contributed by atoms with van der Waals surface area (Å²) in [4.78, 5) is 12.7. The highest BCUT2D eigenvalue weighted by molar-refractivity contribution is 7.91. The fourth-order valence-corrected chi connectivity index (χ4v) is 4.74. The lowest BCUT2D eigenvalue weighted by atomic mass is 10.1. The van der Waals surface area contributed by atoms with E-state index in [0.29, 0.717) is 29.2 Å².